The molecule has 22 heavy (non-hydrogen) atoms. The standard InChI is InChI=1S/C18H22O4/c1-17-8-6-14(19)15(20)12(17)4-3-10-11(17)5-7-18(2)13(10)9-22-16(18)21/h6,8,10-11,13,20H,3-5,7,9H2,1-2H3/t10-,11+,13+,17-,18+/m1/s1. The molecule has 4 rings (SSSR count). The number of carbonyl (C=O) groups is 2. The Morgan fingerprint density at radius 3 is 2.77 bits per heavy atom. The molecule has 0 unspecified atom stereocenters. The maximum Gasteiger partial charge on any atom is 0.312 e. The van der Waals surface area contributed by atoms with Crippen molar-refractivity contribution in [1.82, 2.24) is 0 Å². The number of aliphatic hydroxyl groups excluding tert-OH is 1. The van der Waals surface area contributed by atoms with Crippen LogP contribution in [0.3, 0.4) is 0 Å². The molecule has 0 spiro atoms. The zero-order valence-electron chi connectivity index (χ0n) is 13.1. The zero-order chi connectivity index (χ0) is 15.7. The Hall–Kier alpha value is -1.58. The van der Waals surface area contributed by atoms with E-state index in [-0.39, 0.29) is 34.3 Å². The second-order valence-electron chi connectivity index (χ2n) is 7.78. The molecule has 4 nitrogen and oxygen atoms in total. The number of rotatable bonds is 0. The highest BCUT2D eigenvalue weighted by Gasteiger charge is 2.60. The molecule has 4 aliphatic rings. The first-order valence-electron chi connectivity index (χ1n) is 8.21. The zero-order valence-corrected chi connectivity index (χ0v) is 13.1. The minimum atomic E-state index is -0.338. The fourth-order valence-electron chi connectivity index (χ4n) is 5.52. The van der Waals surface area contributed by atoms with Crippen molar-refractivity contribution in [3.63, 3.8) is 0 Å². The van der Waals surface area contributed by atoms with Gasteiger partial charge in [0.1, 0.15) is 0 Å². The van der Waals surface area contributed by atoms with Gasteiger partial charge in [0.05, 0.1) is 12.0 Å². The first-order chi connectivity index (χ1) is 10.4. The summed E-state index contributed by atoms with van der Waals surface area (Å²) in [6, 6.07) is 0. The fraction of sp³-hybridized carbons (Fsp3) is 0.667. The first kappa shape index (κ1) is 14.0. The minimum Gasteiger partial charge on any atom is -0.504 e. The van der Waals surface area contributed by atoms with E-state index in [0.717, 1.165) is 31.3 Å². The maximum absolute atomic E-state index is 12.1. The number of aliphatic hydroxyl groups is 1. The van der Waals surface area contributed by atoms with Crippen LogP contribution in [0.1, 0.15) is 39.5 Å². The molecule has 0 bridgehead atoms. The lowest BCUT2D eigenvalue weighted by molar-refractivity contribution is -0.148. The highest BCUT2D eigenvalue weighted by Crippen LogP contribution is 2.62. The molecule has 0 aromatic rings. The third-order valence-electron chi connectivity index (χ3n) is 6.94. The van der Waals surface area contributed by atoms with Crippen molar-refractivity contribution in [3.8, 4) is 0 Å². The quantitative estimate of drug-likeness (QED) is 0.699. The van der Waals surface area contributed by atoms with E-state index in [4.69, 9.17) is 4.74 Å². The molecule has 1 saturated heterocycles. The van der Waals surface area contributed by atoms with Crippen molar-refractivity contribution in [1.29, 1.82) is 0 Å². The second kappa shape index (κ2) is 4.24. The Kier molecular flexibility index (Phi) is 2.71. The van der Waals surface area contributed by atoms with Gasteiger partial charge in [-0.3, -0.25) is 9.59 Å². The van der Waals surface area contributed by atoms with E-state index in [1.54, 1.807) is 0 Å². The van der Waals surface area contributed by atoms with Gasteiger partial charge in [0, 0.05) is 11.3 Å². The van der Waals surface area contributed by atoms with Crippen LogP contribution in [0.15, 0.2) is 23.5 Å². The summed E-state index contributed by atoms with van der Waals surface area (Å²) < 4.78 is 5.39. The average Bonchev–Trinajstić information content (AvgIpc) is 2.79. The first-order valence-corrected chi connectivity index (χ1v) is 8.21. The minimum absolute atomic E-state index is 0.0420. The smallest absolute Gasteiger partial charge is 0.312 e. The van der Waals surface area contributed by atoms with Gasteiger partial charge in [-0.2, -0.15) is 0 Å². The number of allylic oxidation sites excluding steroid dienone is 3. The highest BCUT2D eigenvalue weighted by molar-refractivity contribution is 6.04. The van der Waals surface area contributed by atoms with E-state index in [9.17, 15) is 14.7 Å². The van der Waals surface area contributed by atoms with Crippen LogP contribution in [0.5, 0.6) is 0 Å². The van der Waals surface area contributed by atoms with Crippen LogP contribution in [0, 0.1) is 28.6 Å². The van der Waals surface area contributed by atoms with Crippen LogP contribution in [0.2, 0.25) is 0 Å². The molecule has 0 amide bonds. The Morgan fingerprint density at radius 1 is 1.23 bits per heavy atom. The molecule has 0 radical (unpaired) electrons. The number of hydrogen-bond acceptors (Lipinski definition) is 4. The number of ketones is 1. The van der Waals surface area contributed by atoms with Gasteiger partial charge in [-0.25, -0.2) is 0 Å². The Morgan fingerprint density at radius 2 is 2.00 bits per heavy atom. The van der Waals surface area contributed by atoms with Crippen LogP contribution >= 0.6 is 0 Å². The predicted octanol–water partition coefficient (Wildman–Crippen LogP) is 2.94. The molecular formula is C18H22O4. The highest BCUT2D eigenvalue weighted by atomic mass is 16.5. The normalized spacial score (nSPS) is 46.9. The second-order valence-corrected chi connectivity index (χ2v) is 7.78. The largest absolute Gasteiger partial charge is 0.504 e. The third-order valence-corrected chi connectivity index (χ3v) is 6.94. The molecule has 0 aromatic carbocycles. The number of esters is 1. The lowest BCUT2D eigenvalue weighted by Gasteiger charge is -2.54. The molecule has 118 valence electrons. The molecule has 2 saturated carbocycles. The van der Waals surface area contributed by atoms with Gasteiger partial charge in [0.25, 0.3) is 0 Å². The number of carbonyl (C=O) groups excluding carboxylic acids is 2. The van der Waals surface area contributed by atoms with E-state index >= 15 is 0 Å². The van der Waals surface area contributed by atoms with Gasteiger partial charge < -0.3 is 9.84 Å². The van der Waals surface area contributed by atoms with Gasteiger partial charge >= 0.3 is 5.97 Å². The van der Waals surface area contributed by atoms with E-state index in [2.05, 4.69) is 13.8 Å². The van der Waals surface area contributed by atoms with E-state index in [0.29, 0.717) is 18.4 Å². The van der Waals surface area contributed by atoms with Crippen molar-refractivity contribution >= 4 is 11.8 Å². The molecule has 1 N–H and O–H groups in total. The summed E-state index contributed by atoms with van der Waals surface area (Å²) in [4.78, 5) is 23.9. The summed E-state index contributed by atoms with van der Waals surface area (Å²) in [5.41, 5.74) is 0.304. The summed E-state index contributed by atoms with van der Waals surface area (Å²) in [6.45, 7) is 4.72. The van der Waals surface area contributed by atoms with E-state index < -0.39 is 0 Å². The van der Waals surface area contributed by atoms with Crippen LogP contribution in [-0.4, -0.2) is 23.5 Å². The molecule has 4 heteroatoms. The molecule has 1 heterocycles. The van der Waals surface area contributed by atoms with Gasteiger partial charge in [0.2, 0.25) is 5.78 Å². The van der Waals surface area contributed by atoms with Crippen LogP contribution < -0.4 is 0 Å². The lowest BCUT2D eigenvalue weighted by atomic mass is 9.48. The number of ether oxygens (including phenoxy) is 1. The van der Waals surface area contributed by atoms with Gasteiger partial charge in [-0.1, -0.05) is 13.0 Å². The van der Waals surface area contributed by atoms with Crippen LogP contribution in [-0.2, 0) is 14.3 Å². The van der Waals surface area contributed by atoms with Crippen LogP contribution in [0.25, 0.3) is 0 Å². The molecular weight excluding hydrogens is 280 g/mol. The van der Waals surface area contributed by atoms with Crippen molar-refractivity contribution in [2.75, 3.05) is 6.61 Å². The summed E-state index contributed by atoms with van der Waals surface area (Å²) in [7, 11) is 0. The van der Waals surface area contributed by atoms with Crippen LogP contribution in [0.4, 0.5) is 0 Å². The van der Waals surface area contributed by atoms with Crippen molar-refractivity contribution < 1.29 is 19.4 Å². The van der Waals surface area contributed by atoms with Gasteiger partial charge in [-0.05, 0) is 56.1 Å². The number of hydrogen-bond donors (Lipinski definition) is 1. The average molecular weight is 302 g/mol. The van der Waals surface area contributed by atoms with Crippen molar-refractivity contribution in [3.05, 3.63) is 23.5 Å². The molecule has 0 aromatic heterocycles. The monoisotopic (exact) mass is 302 g/mol. The van der Waals surface area contributed by atoms with E-state index in [1.807, 2.05) is 6.08 Å². The molecule has 5 atom stereocenters. The summed E-state index contributed by atoms with van der Waals surface area (Å²) in [5, 5.41) is 10.2. The molecule has 3 aliphatic carbocycles. The van der Waals surface area contributed by atoms with E-state index in [1.165, 1.54) is 6.08 Å². The van der Waals surface area contributed by atoms with Crippen molar-refractivity contribution in [2.45, 2.75) is 39.5 Å². The Labute approximate surface area is 130 Å². The predicted molar refractivity (Wildman–Crippen MR) is 79.9 cm³/mol. The SMILES string of the molecule is C[C@]12C=CC(=O)C(O)=C1CC[C@@H]1[C@@H]2CC[C@]2(C)C(=O)OC[C@@H]12. The fourth-order valence-corrected chi connectivity index (χ4v) is 5.52. The topological polar surface area (TPSA) is 63.6 Å². The lowest BCUT2D eigenvalue weighted by Crippen LogP contribution is -2.50. The van der Waals surface area contributed by atoms with Gasteiger partial charge in [-0.15, -0.1) is 0 Å². The number of cyclic esters (lactones) is 1. The molecule has 1 aliphatic heterocycles. The van der Waals surface area contributed by atoms with Gasteiger partial charge in [0.15, 0.2) is 5.76 Å². The third kappa shape index (κ3) is 1.53. The summed E-state index contributed by atoms with van der Waals surface area (Å²) in [5.74, 6) is 0.700. The van der Waals surface area contributed by atoms with Crippen molar-refractivity contribution in [2.24, 2.45) is 28.6 Å². The maximum atomic E-state index is 12.1. The molecule has 3 fully saturated rings. The summed E-state index contributed by atoms with van der Waals surface area (Å²) in [6.07, 6.45) is 6.95. The number of fused-ring (bicyclic) bond motifs is 5. The Balaban J connectivity index is 1.75. The summed E-state index contributed by atoms with van der Waals surface area (Å²) >= 11 is 0. The Bertz CT molecular complexity index is 631.